The Morgan fingerprint density at radius 3 is 2.60 bits per heavy atom. The fraction of sp³-hybridized carbons (Fsp3) is 0.600. The lowest BCUT2D eigenvalue weighted by molar-refractivity contribution is 0.354. The molecule has 0 aliphatic heterocycles. The number of halogens is 1. The molecule has 0 aromatic heterocycles. The van der Waals surface area contributed by atoms with Crippen LogP contribution in [0.25, 0.3) is 0 Å². The Balaban J connectivity index is 2.05. The van der Waals surface area contributed by atoms with Gasteiger partial charge in [0.05, 0.1) is 14.2 Å². The van der Waals surface area contributed by atoms with Crippen LogP contribution in [0.15, 0.2) is 16.6 Å². The maximum Gasteiger partial charge on any atom is 0.161 e. The molecular weight excluding hydrogens is 338 g/mol. The van der Waals surface area contributed by atoms with E-state index in [0.29, 0.717) is 6.04 Å². The van der Waals surface area contributed by atoms with Gasteiger partial charge in [-0.15, -0.1) is 0 Å². The van der Waals surface area contributed by atoms with Crippen LogP contribution >= 0.6 is 27.7 Å². The molecule has 2 rings (SSSR count). The Morgan fingerprint density at radius 2 is 1.95 bits per heavy atom. The molecular formula is C15H22BrNO2S. The molecule has 1 N–H and O–H groups in total. The number of rotatable bonds is 6. The zero-order valence-corrected chi connectivity index (χ0v) is 14.6. The summed E-state index contributed by atoms with van der Waals surface area (Å²) in [5.41, 5.74) is 1.20. The lowest BCUT2D eigenvalue weighted by Crippen LogP contribution is -2.33. The van der Waals surface area contributed by atoms with Crippen LogP contribution in [0.2, 0.25) is 0 Å². The van der Waals surface area contributed by atoms with Gasteiger partial charge in [0, 0.05) is 22.3 Å². The maximum absolute atomic E-state index is 5.37. The van der Waals surface area contributed by atoms with Gasteiger partial charge >= 0.3 is 0 Å². The van der Waals surface area contributed by atoms with Crippen molar-refractivity contribution in [1.29, 1.82) is 0 Å². The van der Waals surface area contributed by atoms with Crippen molar-refractivity contribution in [3.05, 3.63) is 22.2 Å². The van der Waals surface area contributed by atoms with Crippen molar-refractivity contribution >= 4 is 27.7 Å². The minimum Gasteiger partial charge on any atom is -0.493 e. The summed E-state index contributed by atoms with van der Waals surface area (Å²) in [6.07, 6.45) is 6.13. The molecule has 2 atom stereocenters. The minimum atomic E-state index is 0.616. The number of benzene rings is 1. The third kappa shape index (κ3) is 3.62. The van der Waals surface area contributed by atoms with Crippen LogP contribution in [0.4, 0.5) is 0 Å². The lowest BCUT2D eigenvalue weighted by atomic mass is 10.1. The fourth-order valence-electron chi connectivity index (χ4n) is 2.71. The summed E-state index contributed by atoms with van der Waals surface area (Å²) in [5.74, 6) is 1.53. The van der Waals surface area contributed by atoms with Crippen molar-refractivity contribution < 1.29 is 9.47 Å². The molecule has 1 fully saturated rings. The van der Waals surface area contributed by atoms with Gasteiger partial charge < -0.3 is 14.8 Å². The molecule has 112 valence electrons. The normalized spacial score (nSPS) is 22.0. The van der Waals surface area contributed by atoms with E-state index in [2.05, 4.69) is 27.5 Å². The van der Waals surface area contributed by atoms with Gasteiger partial charge in [0.1, 0.15) is 0 Å². The van der Waals surface area contributed by atoms with Crippen LogP contribution in [-0.4, -0.2) is 31.8 Å². The molecule has 0 bridgehead atoms. The minimum absolute atomic E-state index is 0.616. The molecule has 20 heavy (non-hydrogen) atoms. The lowest BCUT2D eigenvalue weighted by Gasteiger charge is -2.20. The Hall–Kier alpha value is -0.390. The van der Waals surface area contributed by atoms with Crippen LogP contribution in [0.3, 0.4) is 0 Å². The van der Waals surface area contributed by atoms with Gasteiger partial charge in [0.25, 0.3) is 0 Å². The van der Waals surface area contributed by atoms with E-state index in [0.717, 1.165) is 27.8 Å². The summed E-state index contributed by atoms with van der Waals surface area (Å²) in [5, 5.41) is 4.43. The van der Waals surface area contributed by atoms with Gasteiger partial charge in [-0.25, -0.2) is 0 Å². The van der Waals surface area contributed by atoms with Crippen molar-refractivity contribution in [2.75, 3.05) is 20.5 Å². The SMILES string of the molecule is COc1cc(Br)c(CNC2CCCC2SC)cc1OC. The monoisotopic (exact) mass is 359 g/mol. The highest BCUT2D eigenvalue weighted by atomic mass is 79.9. The van der Waals surface area contributed by atoms with E-state index in [1.54, 1.807) is 14.2 Å². The third-order valence-corrected chi connectivity index (χ3v) is 5.77. The van der Waals surface area contributed by atoms with E-state index in [-0.39, 0.29) is 0 Å². The summed E-state index contributed by atoms with van der Waals surface area (Å²) in [4.78, 5) is 0. The molecule has 1 aliphatic carbocycles. The first kappa shape index (κ1) is 16.0. The predicted octanol–water partition coefficient (Wildman–Crippen LogP) is 3.84. The quantitative estimate of drug-likeness (QED) is 0.835. The fourth-order valence-corrected chi connectivity index (χ4v) is 4.14. The largest absolute Gasteiger partial charge is 0.493 e. The number of thioether (sulfide) groups is 1. The molecule has 1 saturated carbocycles. The van der Waals surface area contributed by atoms with E-state index in [1.807, 2.05) is 23.9 Å². The van der Waals surface area contributed by atoms with Gasteiger partial charge in [-0.2, -0.15) is 11.8 Å². The van der Waals surface area contributed by atoms with Crippen molar-refractivity contribution in [3.63, 3.8) is 0 Å². The summed E-state index contributed by atoms with van der Waals surface area (Å²) >= 11 is 5.59. The van der Waals surface area contributed by atoms with Crippen molar-refractivity contribution in [3.8, 4) is 11.5 Å². The summed E-state index contributed by atoms with van der Waals surface area (Å²) < 4.78 is 11.7. The zero-order chi connectivity index (χ0) is 14.5. The highest BCUT2D eigenvalue weighted by molar-refractivity contribution is 9.10. The van der Waals surface area contributed by atoms with E-state index in [9.17, 15) is 0 Å². The van der Waals surface area contributed by atoms with E-state index >= 15 is 0 Å². The van der Waals surface area contributed by atoms with Gasteiger partial charge in [-0.05, 0) is 36.8 Å². The molecule has 2 unspecified atom stereocenters. The van der Waals surface area contributed by atoms with Crippen molar-refractivity contribution in [2.45, 2.75) is 37.1 Å². The molecule has 1 aromatic carbocycles. The Bertz CT molecular complexity index is 456. The van der Waals surface area contributed by atoms with Crippen LogP contribution in [-0.2, 0) is 6.54 Å². The second-order valence-electron chi connectivity index (χ2n) is 4.99. The van der Waals surface area contributed by atoms with Crippen LogP contribution in [0.5, 0.6) is 11.5 Å². The first-order valence-electron chi connectivity index (χ1n) is 6.86. The number of nitrogens with one attached hydrogen (secondary N) is 1. The molecule has 0 spiro atoms. The average molecular weight is 360 g/mol. The third-order valence-electron chi connectivity index (χ3n) is 3.86. The topological polar surface area (TPSA) is 30.5 Å². The second kappa shape index (κ2) is 7.57. The van der Waals surface area contributed by atoms with E-state index in [1.165, 1.54) is 24.8 Å². The Kier molecular flexibility index (Phi) is 6.05. The first-order chi connectivity index (χ1) is 9.69. The molecule has 0 saturated heterocycles. The van der Waals surface area contributed by atoms with Gasteiger partial charge in [0.2, 0.25) is 0 Å². The molecule has 5 heteroatoms. The van der Waals surface area contributed by atoms with Gasteiger partial charge in [0.15, 0.2) is 11.5 Å². The smallest absolute Gasteiger partial charge is 0.161 e. The number of ether oxygens (including phenoxy) is 2. The number of hydrogen-bond acceptors (Lipinski definition) is 4. The Morgan fingerprint density at radius 1 is 1.25 bits per heavy atom. The second-order valence-corrected chi connectivity index (χ2v) is 6.92. The molecule has 1 aliphatic rings. The highest BCUT2D eigenvalue weighted by Gasteiger charge is 2.26. The van der Waals surface area contributed by atoms with Crippen LogP contribution in [0.1, 0.15) is 24.8 Å². The van der Waals surface area contributed by atoms with Gasteiger partial charge in [-0.1, -0.05) is 22.4 Å². The molecule has 1 aromatic rings. The van der Waals surface area contributed by atoms with Crippen LogP contribution in [0, 0.1) is 0 Å². The first-order valence-corrected chi connectivity index (χ1v) is 8.94. The van der Waals surface area contributed by atoms with E-state index < -0.39 is 0 Å². The number of hydrogen-bond donors (Lipinski definition) is 1. The molecule has 0 amide bonds. The predicted molar refractivity (Wildman–Crippen MR) is 89.0 cm³/mol. The maximum atomic E-state index is 5.37. The average Bonchev–Trinajstić information content (AvgIpc) is 2.93. The number of methoxy groups -OCH3 is 2. The van der Waals surface area contributed by atoms with E-state index in [4.69, 9.17) is 9.47 Å². The standard InChI is InChI=1S/C15H22BrNO2S/c1-18-13-7-10(11(16)8-14(13)19-2)9-17-12-5-4-6-15(12)20-3/h7-8,12,15,17H,4-6,9H2,1-3H3. The van der Waals surface area contributed by atoms with Gasteiger partial charge in [-0.3, -0.25) is 0 Å². The summed E-state index contributed by atoms with van der Waals surface area (Å²) in [6, 6.07) is 4.63. The van der Waals surface area contributed by atoms with Crippen LogP contribution < -0.4 is 14.8 Å². The van der Waals surface area contributed by atoms with Crippen molar-refractivity contribution in [1.82, 2.24) is 5.32 Å². The molecule has 0 radical (unpaired) electrons. The molecule has 0 heterocycles. The highest BCUT2D eigenvalue weighted by Crippen LogP contribution is 2.34. The summed E-state index contributed by atoms with van der Waals surface area (Å²) in [6.45, 7) is 0.850. The summed E-state index contributed by atoms with van der Waals surface area (Å²) in [7, 11) is 3.33. The Labute approximate surface area is 133 Å². The zero-order valence-electron chi connectivity index (χ0n) is 12.2. The molecule has 3 nitrogen and oxygen atoms in total. The van der Waals surface area contributed by atoms with Crippen molar-refractivity contribution in [2.24, 2.45) is 0 Å².